The first-order chi connectivity index (χ1) is 12.5. The summed E-state index contributed by atoms with van der Waals surface area (Å²) in [7, 11) is 0. The lowest BCUT2D eigenvalue weighted by Crippen LogP contribution is -2.44. The van der Waals surface area contributed by atoms with E-state index in [0.717, 1.165) is 32.1 Å². The maximum Gasteiger partial charge on any atom is 0.418 e. The van der Waals surface area contributed by atoms with Crippen molar-refractivity contribution in [2.24, 2.45) is 0 Å². The first kappa shape index (κ1) is 19.3. The van der Waals surface area contributed by atoms with Crippen LogP contribution < -0.4 is 15.0 Å². The second kappa shape index (κ2) is 8.95. The van der Waals surface area contributed by atoms with Crippen LogP contribution in [0.4, 0.5) is 18.9 Å². The van der Waals surface area contributed by atoms with E-state index in [1.165, 1.54) is 19.3 Å². The van der Waals surface area contributed by atoms with Gasteiger partial charge in [0.05, 0.1) is 12.2 Å². The van der Waals surface area contributed by atoms with Crippen molar-refractivity contribution in [1.82, 2.24) is 10.2 Å². The summed E-state index contributed by atoms with van der Waals surface area (Å²) < 4.78 is 46.1. The molecule has 2 aliphatic heterocycles. The summed E-state index contributed by atoms with van der Waals surface area (Å²) in [4.78, 5) is 4.20. The summed E-state index contributed by atoms with van der Waals surface area (Å²) in [5, 5.41) is 3.16. The number of alkyl halides is 3. The van der Waals surface area contributed by atoms with Crippen LogP contribution >= 0.6 is 0 Å². The molecule has 1 N–H and O–H groups in total. The van der Waals surface area contributed by atoms with Gasteiger partial charge < -0.3 is 19.9 Å². The minimum Gasteiger partial charge on any atom is -0.494 e. The molecule has 2 aliphatic rings. The van der Waals surface area contributed by atoms with E-state index in [2.05, 4.69) is 10.2 Å². The van der Waals surface area contributed by atoms with Crippen molar-refractivity contribution in [2.75, 3.05) is 57.3 Å². The van der Waals surface area contributed by atoms with E-state index in [1.807, 2.05) is 0 Å². The zero-order valence-corrected chi connectivity index (χ0v) is 15.2. The number of likely N-dealkylation sites (tertiary alicyclic amines) is 1. The predicted molar refractivity (Wildman–Crippen MR) is 96.9 cm³/mol. The lowest BCUT2D eigenvalue weighted by atomic mass is 10.1. The fourth-order valence-corrected chi connectivity index (χ4v) is 3.67. The van der Waals surface area contributed by atoms with Crippen molar-refractivity contribution in [3.8, 4) is 5.75 Å². The highest BCUT2D eigenvalue weighted by Crippen LogP contribution is 2.39. The van der Waals surface area contributed by atoms with Gasteiger partial charge in [0, 0.05) is 38.4 Å². The Morgan fingerprint density at radius 2 is 1.73 bits per heavy atom. The van der Waals surface area contributed by atoms with Gasteiger partial charge in [-0.25, -0.2) is 0 Å². The Balaban J connectivity index is 1.59. The average Bonchev–Trinajstić information content (AvgIpc) is 2.66. The first-order valence-electron chi connectivity index (χ1n) is 9.56. The van der Waals surface area contributed by atoms with Gasteiger partial charge in [0.25, 0.3) is 0 Å². The maximum absolute atomic E-state index is 13.5. The van der Waals surface area contributed by atoms with Gasteiger partial charge in [-0.05, 0) is 50.6 Å². The van der Waals surface area contributed by atoms with E-state index in [-0.39, 0.29) is 5.69 Å². The number of anilines is 1. The number of ether oxygens (including phenoxy) is 1. The van der Waals surface area contributed by atoms with E-state index in [4.69, 9.17) is 4.74 Å². The van der Waals surface area contributed by atoms with Crippen LogP contribution in [0.5, 0.6) is 5.75 Å². The number of piperidine rings is 1. The van der Waals surface area contributed by atoms with E-state index in [1.54, 1.807) is 17.0 Å². The van der Waals surface area contributed by atoms with Gasteiger partial charge in [-0.2, -0.15) is 13.2 Å². The molecule has 0 spiro atoms. The van der Waals surface area contributed by atoms with Crippen molar-refractivity contribution in [1.29, 1.82) is 0 Å². The molecule has 0 bridgehead atoms. The minimum atomic E-state index is -4.38. The molecule has 0 saturated carbocycles. The Hall–Kier alpha value is -1.47. The molecule has 7 heteroatoms. The van der Waals surface area contributed by atoms with E-state index in [0.29, 0.717) is 38.5 Å². The first-order valence-corrected chi connectivity index (χ1v) is 9.56. The monoisotopic (exact) mass is 371 g/mol. The highest BCUT2D eigenvalue weighted by Gasteiger charge is 2.35. The summed E-state index contributed by atoms with van der Waals surface area (Å²) in [5.41, 5.74) is -0.354. The molecule has 2 heterocycles. The van der Waals surface area contributed by atoms with Crippen molar-refractivity contribution in [3.63, 3.8) is 0 Å². The number of benzene rings is 1. The van der Waals surface area contributed by atoms with Gasteiger partial charge in [-0.3, -0.25) is 0 Å². The van der Waals surface area contributed by atoms with Crippen LogP contribution in [0.1, 0.15) is 31.2 Å². The zero-order chi connectivity index (χ0) is 18.4. The Kier molecular flexibility index (Phi) is 6.64. The molecule has 0 unspecified atom stereocenters. The van der Waals surface area contributed by atoms with Gasteiger partial charge in [-0.15, -0.1) is 0 Å². The Bertz CT molecular complexity index is 568. The van der Waals surface area contributed by atoms with Gasteiger partial charge in [0.1, 0.15) is 5.75 Å². The van der Waals surface area contributed by atoms with Crippen LogP contribution in [-0.4, -0.2) is 57.3 Å². The number of nitrogens with one attached hydrogen (secondary N) is 1. The fraction of sp³-hybridized carbons (Fsp3) is 0.684. The number of piperazine rings is 1. The second-order valence-electron chi connectivity index (χ2n) is 7.02. The van der Waals surface area contributed by atoms with Crippen molar-refractivity contribution in [2.45, 2.75) is 31.9 Å². The number of hydrogen-bond donors (Lipinski definition) is 1. The largest absolute Gasteiger partial charge is 0.494 e. The molecule has 2 saturated heterocycles. The quantitative estimate of drug-likeness (QED) is 0.776. The molecule has 4 nitrogen and oxygen atoms in total. The summed E-state index contributed by atoms with van der Waals surface area (Å²) in [5.74, 6) is 0.301. The predicted octanol–water partition coefficient (Wildman–Crippen LogP) is 3.37. The number of halogens is 3. The molecule has 146 valence electrons. The van der Waals surface area contributed by atoms with Crippen LogP contribution in [0, 0.1) is 0 Å². The SMILES string of the molecule is FC(F)(F)c1cc(OCCCN2CCCCC2)ccc1N1CCNCC1. The lowest BCUT2D eigenvalue weighted by molar-refractivity contribution is -0.137. The molecular formula is C19H28F3N3O. The number of nitrogens with zero attached hydrogens (tertiary/aromatic N) is 2. The maximum atomic E-state index is 13.5. The summed E-state index contributed by atoms with van der Waals surface area (Å²) in [6.07, 6.45) is 0.230. The Labute approximate surface area is 153 Å². The van der Waals surface area contributed by atoms with Gasteiger partial charge in [0.15, 0.2) is 0 Å². The van der Waals surface area contributed by atoms with Crippen LogP contribution in [0.15, 0.2) is 18.2 Å². The van der Waals surface area contributed by atoms with Gasteiger partial charge in [-0.1, -0.05) is 6.42 Å². The van der Waals surface area contributed by atoms with Crippen molar-refractivity contribution >= 4 is 5.69 Å². The molecule has 1 aromatic carbocycles. The van der Waals surface area contributed by atoms with Gasteiger partial charge >= 0.3 is 6.18 Å². The lowest BCUT2D eigenvalue weighted by Gasteiger charge is -2.31. The Morgan fingerprint density at radius 3 is 2.42 bits per heavy atom. The van der Waals surface area contributed by atoms with Gasteiger partial charge in [0.2, 0.25) is 0 Å². The second-order valence-corrected chi connectivity index (χ2v) is 7.02. The molecule has 0 amide bonds. The molecule has 0 radical (unpaired) electrons. The van der Waals surface area contributed by atoms with Crippen LogP contribution in [0.3, 0.4) is 0 Å². The average molecular weight is 371 g/mol. The summed E-state index contributed by atoms with van der Waals surface area (Å²) in [6.45, 7) is 6.21. The number of hydrogen-bond acceptors (Lipinski definition) is 4. The minimum absolute atomic E-state index is 0.250. The highest BCUT2D eigenvalue weighted by molar-refractivity contribution is 5.58. The van der Waals surface area contributed by atoms with E-state index >= 15 is 0 Å². The summed E-state index contributed by atoms with van der Waals surface area (Å²) >= 11 is 0. The number of rotatable bonds is 6. The molecule has 3 rings (SSSR count). The molecule has 1 aromatic rings. The topological polar surface area (TPSA) is 27.7 Å². The molecule has 0 aromatic heterocycles. The van der Waals surface area contributed by atoms with E-state index in [9.17, 15) is 13.2 Å². The molecular weight excluding hydrogens is 343 g/mol. The normalized spacial score (nSPS) is 19.6. The van der Waals surface area contributed by atoms with Crippen molar-refractivity contribution in [3.05, 3.63) is 23.8 Å². The smallest absolute Gasteiger partial charge is 0.418 e. The molecule has 0 aliphatic carbocycles. The molecule has 2 fully saturated rings. The molecule has 0 atom stereocenters. The summed E-state index contributed by atoms with van der Waals surface area (Å²) in [6, 6.07) is 4.36. The van der Waals surface area contributed by atoms with Crippen LogP contribution in [0.2, 0.25) is 0 Å². The standard InChI is InChI=1S/C19H28F3N3O/c20-19(21,22)17-15-16(5-6-18(17)25-12-7-23-8-13-25)26-14-4-11-24-9-2-1-3-10-24/h5-6,15,23H,1-4,7-14H2. The third-order valence-electron chi connectivity index (χ3n) is 5.07. The molecule has 26 heavy (non-hydrogen) atoms. The third-order valence-corrected chi connectivity index (χ3v) is 5.07. The highest BCUT2D eigenvalue weighted by atomic mass is 19.4. The van der Waals surface area contributed by atoms with Crippen LogP contribution in [0.25, 0.3) is 0 Å². The van der Waals surface area contributed by atoms with Crippen LogP contribution in [-0.2, 0) is 6.18 Å². The zero-order valence-electron chi connectivity index (χ0n) is 15.2. The fourth-order valence-electron chi connectivity index (χ4n) is 3.67. The third kappa shape index (κ3) is 5.27. The Morgan fingerprint density at radius 1 is 1.00 bits per heavy atom. The van der Waals surface area contributed by atoms with E-state index < -0.39 is 11.7 Å². The van der Waals surface area contributed by atoms with Crippen molar-refractivity contribution < 1.29 is 17.9 Å².